The van der Waals surface area contributed by atoms with E-state index in [1.165, 1.54) is 16.7 Å². The molecule has 6 rings (SSSR count). The van der Waals surface area contributed by atoms with Crippen LogP contribution in [-0.2, 0) is 20.8 Å². The van der Waals surface area contributed by atoms with Gasteiger partial charge in [-0.15, -0.1) is 11.8 Å². The van der Waals surface area contributed by atoms with Crippen LogP contribution in [0, 0.1) is 0 Å². The Labute approximate surface area is 224 Å². The lowest BCUT2D eigenvalue weighted by atomic mass is 9.96. The number of carbonyl (C=O) groups excluding carboxylic acids is 2. The van der Waals surface area contributed by atoms with E-state index in [-0.39, 0.29) is 23.6 Å². The second-order valence-electron chi connectivity index (χ2n) is 9.87. The molecule has 8 nitrogen and oxygen atoms in total. The molecule has 0 bridgehead atoms. The van der Waals surface area contributed by atoms with Crippen LogP contribution in [0.1, 0.15) is 19.4 Å². The molecule has 2 aliphatic rings. The van der Waals surface area contributed by atoms with Gasteiger partial charge in [0.05, 0.1) is 23.1 Å². The maximum absolute atomic E-state index is 12.3. The lowest BCUT2D eigenvalue weighted by molar-refractivity contribution is -0.161. The molecule has 0 spiro atoms. The van der Waals surface area contributed by atoms with Gasteiger partial charge in [0.1, 0.15) is 17.5 Å². The molecule has 38 heavy (non-hydrogen) atoms. The average Bonchev–Trinajstić information content (AvgIpc) is 3.16. The summed E-state index contributed by atoms with van der Waals surface area (Å²) < 4.78 is -0.578. The molecule has 4 N–H and O–H groups in total. The number of nitrogen functional groups attached to an aromatic ring is 1. The van der Waals surface area contributed by atoms with Crippen LogP contribution in [0.3, 0.4) is 0 Å². The van der Waals surface area contributed by atoms with Gasteiger partial charge in [0.15, 0.2) is 0 Å². The Balaban J connectivity index is 0.000000168. The molecule has 2 amide bonds. The number of aromatic nitrogens is 1. The predicted molar refractivity (Wildman–Crippen MR) is 149 cm³/mol. The smallest absolute Gasteiger partial charge is 0.327 e. The Morgan fingerprint density at radius 2 is 1.53 bits per heavy atom. The monoisotopic (exact) mass is 528 g/mol. The molecule has 3 unspecified atom stereocenters. The number of nitrogens with two attached hydrogens (primary N) is 1. The zero-order valence-electron chi connectivity index (χ0n) is 21.0. The summed E-state index contributed by atoms with van der Waals surface area (Å²) in [6, 6.07) is 23.7. The molecule has 9 heteroatoms. The van der Waals surface area contributed by atoms with Crippen molar-refractivity contribution in [2.24, 2.45) is 0 Å². The Bertz CT molecular complexity index is 1490. The van der Waals surface area contributed by atoms with Crippen LogP contribution in [0.5, 0.6) is 0 Å². The van der Waals surface area contributed by atoms with Gasteiger partial charge in [-0.1, -0.05) is 66.7 Å². The maximum Gasteiger partial charge on any atom is 0.327 e. The molecule has 0 saturated carbocycles. The number of benzene rings is 3. The normalized spacial score (nSPS) is 21.3. The summed E-state index contributed by atoms with van der Waals surface area (Å²) in [6.07, 6.45) is 0.202. The van der Waals surface area contributed by atoms with Gasteiger partial charge < -0.3 is 21.1 Å². The van der Waals surface area contributed by atoms with E-state index in [2.05, 4.69) is 10.3 Å². The van der Waals surface area contributed by atoms with Crippen molar-refractivity contribution in [3.05, 3.63) is 84.4 Å². The number of nitrogens with zero attached hydrogens (tertiary/aromatic N) is 2. The van der Waals surface area contributed by atoms with E-state index in [1.54, 1.807) is 0 Å². The van der Waals surface area contributed by atoms with Crippen LogP contribution in [0.15, 0.2) is 78.9 Å². The van der Waals surface area contributed by atoms with Crippen LogP contribution in [0.4, 0.5) is 5.69 Å². The van der Waals surface area contributed by atoms with Gasteiger partial charge in [0.2, 0.25) is 11.8 Å². The van der Waals surface area contributed by atoms with Crippen molar-refractivity contribution >= 4 is 57.0 Å². The number of amides is 2. The number of carboxylic acid groups (broad SMARTS) is 1. The second-order valence-corrected chi connectivity index (χ2v) is 11.6. The van der Waals surface area contributed by atoms with Crippen molar-refractivity contribution in [3.63, 3.8) is 0 Å². The number of anilines is 1. The molecule has 1 aromatic heterocycles. The van der Waals surface area contributed by atoms with Crippen LogP contribution < -0.4 is 11.1 Å². The van der Waals surface area contributed by atoms with E-state index in [0.717, 1.165) is 33.1 Å². The fraction of sp³-hybridized carbons (Fsp3) is 0.241. The first-order valence-electron chi connectivity index (χ1n) is 12.3. The molecule has 4 aromatic rings. The summed E-state index contributed by atoms with van der Waals surface area (Å²) in [7, 11) is 0. The Hall–Kier alpha value is -4.11. The number of hydrogen-bond donors (Lipinski definition) is 3. The highest BCUT2D eigenvalue weighted by molar-refractivity contribution is 8.01. The van der Waals surface area contributed by atoms with Gasteiger partial charge in [-0.2, -0.15) is 0 Å². The number of fused-ring (bicyclic) bond motifs is 3. The fourth-order valence-electron chi connectivity index (χ4n) is 5.02. The third-order valence-corrected chi connectivity index (χ3v) is 8.40. The molecule has 2 fully saturated rings. The minimum absolute atomic E-state index is 0.202. The second kappa shape index (κ2) is 9.98. The van der Waals surface area contributed by atoms with Gasteiger partial charge in [-0.3, -0.25) is 9.59 Å². The summed E-state index contributed by atoms with van der Waals surface area (Å²) >= 11 is 1.42. The molecule has 3 atom stereocenters. The summed E-state index contributed by atoms with van der Waals surface area (Å²) in [4.78, 5) is 41.7. The minimum atomic E-state index is -1.01. The lowest BCUT2D eigenvalue weighted by Crippen LogP contribution is -2.70. The number of rotatable bonds is 4. The van der Waals surface area contributed by atoms with Crippen molar-refractivity contribution in [1.29, 1.82) is 0 Å². The van der Waals surface area contributed by atoms with Crippen molar-refractivity contribution in [1.82, 2.24) is 15.2 Å². The number of para-hydroxylation sites is 2. The average molecular weight is 529 g/mol. The van der Waals surface area contributed by atoms with Gasteiger partial charge in [0.25, 0.3) is 0 Å². The number of hydrogen-bond acceptors (Lipinski definition) is 6. The molecule has 3 heterocycles. The van der Waals surface area contributed by atoms with Crippen molar-refractivity contribution < 1.29 is 19.5 Å². The van der Waals surface area contributed by atoms with Crippen LogP contribution in [0.2, 0.25) is 0 Å². The third kappa shape index (κ3) is 4.65. The van der Waals surface area contributed by atoms with E-state index in [9.17, 15) is 19.5 Å². The molecule has 3 aromatic carbocycles. The Morgan fingerprint density at radius 1 is 0.974 bits per heavy atom. The minimum Gasteiger partial charge on any atom is -0.480 e. The molecular weight excluding hydrogens is 500 g/mol. The maximum atomic E-state index is 12.3. The molecule has 0 aliphatic carbocycles. The Kier molecular flexibility index (Phi) is 6.71. The highest BCUT2D eigenvalue weighted by Gasteiger charge is 2.64. The number of carbonyl (C=O) groups is 3. The molecule has 2 saturated heterocycles. The van der Waals surface area contributed by atoms with Crippen molar-refractivity contribution in [2.75, 3.05) is 5.73 Å². The zero-order valence-corrected chi connectivity index (χ0v) is 21.8. The summed E-state index contributed by atoms with van der Waals surface area (Å²) in [6.45, 7) is 3.62. The molecule has 194 valence electrons. The first-order valence-corrected chi connectivity index (χ1v) is 13.1. The molecule has 2 aliphatic heterocycles. The fourth-order valence-corrected chi connectivity index (χ4v) is 6.65. The first-order chi connectivity index (χ1) is 18.2. The standard InChI is InChI=1S/C16H18N2O4S.C13H10N2/c1-16(2)12(15(21)22)18-13(20)11(14(18)23-16)17-10(19)8-9-6-4-3-5-7-9;14-13-9-5-1-3-7-11(9)15-12-8-4-2-6-10(12)13/h3-7,11-12,14H,8H2,1-2H3,(H,17,19)(H,21,22);1-8H,(H2,14,15). The number of nitrogens with one attached hydrogen (secondary N) is 1. The van der Waals surface area contributed by atoms with Crippen molar-refractivity contribution in [2.45, 2.75) is 42.5 Å². The van der Waals surface area contributed by atoms with E-state index >= 15 is 0 Å². The quantitative estimate of drug-likeness (QED) is 0.271. The van der Waals surface area contributed by atoms with Crippen molar-refractivity contribution in [3.8, 4) is 0 Å². The number of thioether (sulfide) groups is 1. The topological polar surface area (TPSA) is 126 Å². The number of aliphatic carboxylic acids is 1. The number of carboxylic acids is 1. The summed E-state index contributed by atoms with van der Waals surface area (Å²) in [5.41, 5.74) is 9.71. The lowest BCUT2D eigenvalue weighted by Gasteiger charge is -2.43. The van der Waals surface area contributed by atoms with E-state index in [0.29, 0.717) is 0 Å². The van der Waals surface area contributed by atoms with E-state index < -0.39 is 22.8 Å². The van der Waals surface area contributed by atoms with E-state index in [1.807, 2.05) is 92.7 Å². The van der Waals surface area contributed by atoms with Crippen LogP contribution in [-0.4, -0.2) is 55.0 Å². The van der Waals surface area contributed by atoms with Gasteiger partial charge >= 0.3 is 5.97 Å². The number of pyridine rings is 1. The van der Waals surface area contributed by atoms with Crippen LogP contribution in [0.25, 0.3) is 21.8 Å². The first kappa shape index (κ1) is 25.5. The van der Waals surface area contributed by atoms with E-state index in [4.69, 9.17) is 5.73 Å². The highest BCUT2D eigenvalue weighted by atomic mass is 32.2. The number of β-lactam (4-membered cyclic amide) rings is 1. The summed E-state index contributed by atoms with van der Waals surface area (Å²) in [5, 5.41) is 13.8. The zero-order chi connectivity index (χ0) is 27.0. The predicted octanol–water partition coefficient (Wildman–Crippen LogP) is 3.83. The summed E-state index contributed by atoms with van der Waals surface area (Å²) in [5.74, 6) is -1.55. The Morgan fingerprint density at radius 3 is 2.11 bits per heavy atom. The van der Waals surface area contributed by atoms with Gasteiger partial charge in [0, 0.05) is 15.5 Å². The van der Waals surface area contributed by atoms with Gasteiger partial charge in [-0.05, 0) is 31.5 Å². The third-order valence-electron chi connectivity index (χ3n) is 6.83. The molecule has 0 radical (unpaired) electrons. The highest BCUT2D eigenvalue weighted by Crippen LogP contribution is 2.50. The largest absolute Gasteiger partial charge is 0.480 e. The van der Waals surface area contributed by atoms with Gasteiger partial charge in [-0.25, -0.2) is 9.78 Å². The van der Waals surface area contributed by atoms with Crippen LogP contribution >= 0.6 is 11.8 Å². The SMILES string of the molecule is CC1(C)SC2C(NC(=O)Cc3ccccc3)C(=O)N2C1C(=O)O.Nc1c2ccccc2nc2ccccc12. The molecular formula is C29H28N4O4S.